The molecule has 11 atom stereocenters. The van der Waals surface area contributed by atoms with E-state index in [-0.39, 0.29) is 45.5 Å². The molecule has 4 nitrogen and oxygen atoms in total. The molecule has 5 rings (SSSR count). The third-order valence-corrected chi connectivity index (χ3v) is 13.8. The molecule has 0 radical (unpaired) electrons. The molecule has 0 aliphatic heterocycles. The van der Waals surface area contributed by atoms with Crippen molar-refractivity contribution in [2.24, 2.45) is 62.6 Å². The predicted octanol–water partition coefficient (Wildman–Crippen LogP) is 6.35. The highest BCUT2D eigenvalue weighted by Crippen LogP contribution is 2.77. The number of hydrogen-bond acceptors (Lipinski definition) is 3. The van der Waals surface area contributed by atoms with E-state index < -0.39 is 11.4 Å². The van der Waals surface area contributed by atoms with Crippen LogP contribution in [0.1, 0.15) is 106 Å². The summed E-state index contributed by atoms with van der Waals surface area (Å²) in [5.74, 6) is 1.20. The van der Waals surface area contributed by atoms with E-state index in [0.717, 1.165) is 51.2 Å². The molecule has 192 valence electrons. The van der Waals surface area contributed by atoms with Gasteiger partial charge in [0.05, 0.1) is 11.5 Å². The summed E-state index contributed by atoms with van der Waals surface area (Å²) < 4.78 is 0. The summed E-state index contributed by atoms with van der Waals surface area (Å²) in [6.07, 6.45) is 10.9. The molecule has 0 amide bonds. The van der Waals surface area contributed by atoms with Crippen LogP contribution in [0.5, 0.6) is 0 Å². The third-order valence-electron chi connectivity index (χ3n) is 13.8. The van der Waals surface area contributed by atoms with Crippen LogP contribution in [0.4, 0.5) is 0 Å². The molecule has 5 fully saturated rings. The minimum absolute atomic E-state index is 0.0486. The molecule has 0 aromatic carbocycles. The van der Waals surface area contributed by atoms with Crippen LogP contribution in [0.25, 0.3) is 0 Å². The maximum Gasteiger partial charge on any atom is 0.309 e. The van der Waals surface area contributed by atoms with Gasteiger partial charge in [0, 0.05) is 5.92 Å². The van der Waals surface area contributed by atoms with Gasteiger partial charge in [0.15, 0.2) is 0 Å². The van der Waals surface area contributed by atoms with Crippen LogP contribution in [-0.4, -0.2) is 28.6 Å². The van der Waals surface area contributed by atoms with Gasteiger partial charge in [0.25, 0.3) is 0 Å². The second kappa shape index (κ2) is 7.56. The lowest BCUT2D eigenvalue weighted by Gasteiger charge is -2.72. The molecule has 0 spiro atoms. The van der Waals surface area contributed by atoms with Crippen molar-refractivity contribution >= 4 is 12.3 Å². The monoisotopic (exact) mass is 472 g/mol. The van der Waals surface area contributed by atoms with Gasteiger partial charge in [-0.1, -0.05) is 41.5 Å². The summed E-state index contributed by atoms with van der Waals surface area (Å²) in [6, 6.07) is 0. The van der Waals surface area contributed by atoms with E-state index in [1.54, 1.807) is 0 Å². The lowest BCUT2D eigenvalue weighted by molar-refractivity contribution is -0.249. The van der Waals surface area contributed by atoms with E-state index in [0.29, 0.717) is 17.8 Å². The summed E-state index contributed by atoms with van der Waals surface area (Å²) in [5.41, 5.74) is -0.155. The van der Waals surface area contributed by atoms with Crippen LogP contribution < -0.4 is 0 Å². The fourth-order valence-corrected chi connectivity index (χ4v) is 11.7. The Morgan fingerprint density at radius 1 is 0.853 bits per heavy atom. The summed E-state index contributed by atoms with van der Waals surface area (Å²) in [4.78, 5) is 24.7. The fourth-order valence-electron chi connectivity index (χ4n) is 11.7. The summed E-state index contributed by atoms with van der Waals surface area (Å²) >= 11 is 0. The Morgan fingerprint density at radius 2 is 1.56 bits per heavy atom. The van der Waals surface area contributed by atoms with Crippen molar-refractivity contribution in [2.75, 3.05) is 0 Å². The number of aliphatic carboxylic acids is 1. The van der Waals surface area contributed by atoms with E-state index in [4.69, 9.17) is 0 Å². The zero-order chi connectivity index (χ0) is 24.9. The molecule has 2 N–H and O–H groups in total. The molecular formula is C30H48O4. The number of aldehydes is 1. The lowest BCUT2D eigenvalue weighted by atomic mass is 9.32. The Bertz CT molecular complexity index is 866. The summed E-state index contributed by atoms with van der Waals surface area (Å²) in [7, 11) is 0. The van der Waals surface area contributed by atoms with Gasteiger partial charge in [-0.25, -0.2) is 0 Å². The number of aliphatic hydroxyl groups excluding tert-OH is 1. The Kier molecular flexibility index (Phi) is 5.51. The molecular weight excluding hydrogens is 424 g/mol. The number of hydrogen-bond donors (Lipinski definition) is 2. The van der Waals surface area contributed by atoms with Gasteiger partial charge in [-0.3, -0.25) is 4.79 Å². The normalized spacial score (nSPS) is 54.7. The highest BCUT2D eigenvalue weighted by Gasteiger charge is 2.72. The molecule has 5 aliphatic rings. The molecule has 0 unspecified atom stereocenters. The van der Waals surface area contributed by atoms with Gasteiger partial charge >= 0.3 is 5.97 Å². The van der Waals surface area contributed by atoms with E-state index in [2.05, 4.69) is 34.6 Å². The number of rotatable bonds is 3. The largest absolute Gasteiger partial charge is 0.481 e. The molecule has 0 saturated heterocycles. The number of fused-ring (bicyclic) bond motifs is 7. The van der Waals surface area contributed by atoms with Gasteiger partial charge in [0.2, 0.25) is 0 Å². The standard InChI is InChI=1S/C30H48O4/c1-18(17-31)19-9-14-30(25(33)34)16-15-28(5)20(24(19)30)7-8-22-27(4)12-11-23(32)26(2,3)21(27)10-13-29(22,28)6/h17-24,32H,7-16H2,1-6H3,(H,33,34)/t18-,19+,20-,21+,22-,23+,24-,27+,28-,29-,30+/m1/s1. The van der Waals surface area contributed by atoms with Crippen molar-refractivity contribution in [1.29, 1.82) is 0 Å². The van der Waals surface area contributed by atoms with Crippen LogP contribution in [0.2, 0.25) is 0 Å². The topological polar surface area (TPSA) is 74.6 Å². The lowest BCUT2D eigenvalue weighted by Crippen LogP contribution is -2.67. The van der Waals surface area contributed by atoms with Crippen molar-refractivity contribution in [1.82, 2.24) is 0 Å². The average Bonchev–Trinajstić information content (AvgIpc) is 3.18. The molecule has 34 heavy (non-hydrogen) atoms. The van der Waals surface area contributed by atoms with Gasteiger partial charge in [-0.15, -0.1) is 0 Å². The predicted molar refractivity (Wildman–Crippen MR) is 133 cm³/mol. The van der Waals surface area contributed by atoms with Gasteiger partial charge < -0.3 is 15.0 Å². The average molecular weight is 473 g/mol. The fraction of sp³-hybridized carbons (Fsp3) is 0.933. The van der Waals surface area contributed by atoms with Gasteiger partial charge in [0.1, 0.15) is 6.29 Å². The molecule has 0 aromatic heterocycles. The maximum absolute atomic E-state index is 12.8. The van der Waals surface area contributed by atoms with Crippen molar-refractivity contribution in [3.05, 3.63) is 0 Å². The first-order chi connectivity index (χ1) is 15.8. The number of carbonyl (C=O) groups is 2. The van der Waals surface area contributed by atoms with Crippen molar-refractivity contribution < 1.29 is 19.8 Å². The van der Waals surface area contributed by atoms with Crippen LogP contribution in [-0.2, 0) is 9.59 Å². The molecule has 5 saturated carbocycles. The minimum atomic E-state index is -0.632. The van der Waals surface area contributed by atoms with E-state index in [1.807, 2.05) is 6.92 Å². The van der Waals surface area contributed by atoms with Crippen molar-refractivity contribution in [3.8, 4) is 0 Å². The van der Waals surface area contributed by atoms with E-state index in [1.165, 1.54) is 19.3 Å². The van der Waals surface area contributed by atoms with Crippen molar-refractivity contribution in [3.63, 3.8) is 0 Å². The zero-order valence-corrected chi connectivity index (χ0v) is 22.4. The number of carbonyl (C=O) groups excluding carboxylic acids is 1. The smallest absolute Gasteiger partial charge is 0.309 e. The molecule has 0 bridgehead atoms. The Balaban J connectivity index is 1.56. The van der Waals surface area contributed by atoms with Gasteiger partial charge in [-0.2, -0.15) is 0 Å². The quantitative estimate of drug-likeness (QED) is 0.469. The van der Waals surface area contributed by atoms with Crippen LogP contribution in [0.3, 0.4) is 0 Å². The zero-order valence-electron chi connectivity index (χ0n) is 22.4. The number of carboxylic acid groups (broad SMARTS) is 1. The van der Waals surface area contributed by atoms with Gasteiger partial charge in [-0.05, 0) is 115 Å². The minimum Gasteiger partial charge on any atom is -0.481 e. The highest BCUT2D eigenvalue weighted by molar-refractivity contribution is 5.76. The van der Waals surface area contributed by atoms with Crippen LogP contribution in [0, 0.1) is 62.6 Å². The number of carboxylic acids is 1. The van der Waals surface area contributed by atoms with E-state index in [9.17, 15) is 19.8 Å². The Morgan fingerprint density at radius 3 is 2.21 bits per heavy atom. The highest BCUT2D eigenvalue weighted by atomic mass is 16.4. The van der Waals surface area contributed by atoms with E-state index >= 15 is 0 Å². The SMILES string of the molecule is C[C@H](C=O)[C@@H]1CC[C@]2(C(=O)O)CC[C@]3(C)[C@H](CC[C@@H]4[C@@]5(C)CC[C@H](O)C(C)(C)[C@@H]5CC[C@]43C)[C@@H]12. The Hall–Kier alpha value is -0.900. The maximum atomic E-state index is 12.8. The van der Waals surface area contributed by atoms with Crippen LogP contribution >= 0.6 is 0 Å². The molecule has 4 heteroatoms. The van der Waals surface area contributed by atoms with Crippen LogP contribution in [0.15, 0.2) is 0 Å². The second-order valence-corrected chi connectivity index (χ2v) is 14.7. The molecule has 0 heterocycles. The third kappa shape index (κ3) is 2.81. The second-order valence-electron chi connectivity index (χ2n) is 14.7. The first kappa shape index (κ1) is 24.8. The summed E-state index contributed by atoms with van der Waals surface area (Å²) in [6.45, 7) is 14.2. The first-order valence-electron chi connectivity index (χ1n) is 14.2. The summed E-state index contributed by atoms with van der Waals surface area (Å²) in [5, 5.41) is 21.4. The van der Waals surface area contributed by atoms with Crippen molar-refractivity contribution in [2.45, 2.75) is 112 Å². The molecule has 0 aromatic rings. The Labute approximate surface area is 206 Å². The number of aliphatic hydroxyl groups is 1. The first-order valence-corrected chi connectivity index (χ1v) is 14.2. The molecule has 5 aliphatic carbocycles.